The minimum Gasteiger partial charge on any atom is -0.323 e. The van der Waals surface area contributed by atoms with E-state index < -0.39 is 5.82 Å². The van der Waals surface area contributed by atoms with Gasteiger partial charge in [-0.05, 0) is 49.2 Å². The summed E-state index contributed by atoms with van der Waals surface area (Å²) in [6, 6.07) is 14.0. The molecule has 1 amide bonds. The molecule has 0 aliphatic carbocycles. The number of para-hydroxylation sites is 1. The van der Waals surface area contributed by atoms with Crippen LogP contribution in [0.2, 0.25) is 5.02 Å². The van der Waals surface area contributed by atoms with E-state index in [9.17, 15) is 9.18 Å². The first-order chi connectivity index (χ1) is 11.6. The van der Waals surface area contributed by atoms with Crippen molar-refractivity contribution in [3.05, 3.63) is 64.9 Å². The van der Waals surface area contributed by atoms with E-state index in [0.29, 0.717) is 6.54 Å². The molecule has 1 saturated heterocycles. The Morgan fingerprint density at radius 3 is 2.71 bits per heavy atom. The number of benzene rings is 2. The molecule has 2 aromatic rings. The fourth-order valence-corrected chi connectivity index (χ4v) is 3.18. The van der Waals surface area contributed by atoms with Crippen molar-refractivity contribution in [3.8, 4) is 0 Å². The molecule has 126 valence electrons. The van der Waals surface area contributed by atoms with Gasteiger partial charge in [-0.2, -0.15) is 0 Å². The molecule has 5 heteroatoms. The number of rotatable bonds is 4. The zero-order valence-corrected chi connectivity index (χ0v) is 14.1. The van der Waals surface area contributed by atoms with Gasteiger partial charge in [0.05, 0.1) is 11.6 Å². The number of hydrogen-bond donors (Lipinski definition) is 1. The number of nitrogens with zero attached hydrogens (tertiary/aromatic N) is 1. The van der Waals surface area contributed by atoms with Gasteiger partial charge in [0.25, 0.3) is 0 Å². The highest BCUT2D eigenvalue weighted by molar-refractivity contribution is 6.30. The van der Waals surface area contributed by atoms with Gasteiger partial charge in [-0.3, -0.25) is 9.69 Å². The molecule has 1 heterocycles. The van der Waals surface area contributed by atoms with E-state index in [1.807, 2.05) is 24.3 Å². The van der Waals surface area contributed by atoms with Crippen LogP contribution in [0.25, 0.3) is 0 Å². The molecule has 1 aliphatic heterocycles. The van der Waals surface area contributed by atoms with Crippen LogP contribution in [0.4, 0.5) is 10.1 Å². The smallest absolute Gasteiger partial charge is 0.228 e. The average Bonchev–Trinajstić information content (AvgIpc) is 2.59. The van der Waals surface area contributed by atoms with Gasteiger partial charge in [-0.25, -0.2) is 4.39 Å². The van der Waals surface area contributed by atoms with Crippen LogP contribution < -0.4 is 5.32 Å². The van der Waals surface area contributed by atoms with Gasteiger partial charge < -0.3 is 5.32 Å². The number of piperidine rings is 1. The van der Waals surface area contributed by atoms with Crippen molar-refractivity contribution < 1.29 is 9.18 Å². The maximum Gasteiger partial charge on any atom is 0.228 e. The topological polar surface area (TPSA) is 32.3 Å². The third kappa shape index (κ3) is 4.34. The van der Waals surface area contributed by atoms with E-state index in [1.54, 1.807) is 18.2 Å². The standard InChI is InChI=1S/C19H20ClFN2O/c20-16-9-7-14(8-10-16)12-23-11-3-4-15(13-23)19(24)22-18-6-2-1-5-17(18)21/h1-2,5-10,15H,3-4,11-13H2,(H,22,24)/t15-/m0/s1. The summed E-state index contributed by atoms with van der Waals surface area (Å²) >= 11 is 5.91. The molecule has 0 saturated carbocycles. The van der Waals surface area contributed by atoms with E-state index in [0.717, 1.165) is 31.0 Å². The SMILES string of the molecule is O=C(Nc1ccccc1F)[C@H]1CCCN(Cc2ccc(Cl)cc2)C1. The third-order valence-electron chi connectivity index (χ3n) is 4.33. The lowest BCUT2D eigenvalue weighted by Crippen LogP contribution is -2.40. The molecular formula is C19H20ClFN2O. The molecule has 0 bridgehead atoms. The number of likely N-dealkylation sites (tertiary alicyclic amines) is 1. The lowest BCUT2D eigenvalue weighted by molar-refractivity contribution is -0.121. The zero-order valence-electron chi connectivity index (χ0n) is 13.3. The summed E-state index contributed by atoms with van der Waals surface area (Å²) < 4.78 is 13.7. The Kier molecular flexibility index (Phi) is 5.48. The normalized spacial score (nSPS) is 18.3. The Bertz CT molecular complexity index is 705. The summed E-state index contributed by atoms with van der Waals surface area (Å²) in [5.74, 6) is -0.633. The molecule has 0 aromatic heterocycles. The fourth-order valence-electron chi connectivity index (χ4n) is 3.06. The van der Waals surface area contributed by atoms with Gasteiger partial charge >= 0.3 is 0 Å². The van der Waals surface area contributed by atoms with Crippen LogP contribution in [0.5, 0.6) is 0 Å². The Hall–Kier alpha value is -1.91. The summed E-state index contributed by atoms with van der Waals surface area (Å²) in [6.07, 6.45) is 1.79. The highest BCUT2D eigenvalue weighted by atomic mass is 35.5. The number of nitrogens with one attached hydrogen (secondary N) is 1. The van der Waals surface area contributed by atoms with E-state index in [2.05, 4.69) is 10.2 Å². The van der Waals surface area contributed by atoms with E-state index >= 15 is 0 Å². The lowest BCUT2D eigenvalue weighted by Gasteiger charge is -2.32. The Balaban J connectivity index is 1.59. The van der Waals surface area contributed by atoms with Gasteiger partial charge in [0.1, 0.15) is 5.82 Å². The van der Waals surface area contributed by atoms with E-state index in [1.165, 1.54) is 11.6 Å². The van der Waals surface area contributed by atoms with Crippen LogP contribution in [0.3, 0.4) is 0 Å². The number of amides is 1. The molecule has 1 aliphatic rings. The number of halogens is 2. The summed E-state index contributed by atoms with van der Waals surface area (Å²) in [7, 11) is 0. The van der Waals surface area contributed by atoms with Crippen molar-refractivity contribution in [1.29, 1.82) is 0 Å². The Morgan fingerprint density at radius 2 is 1.96 bits per heavy atom. The van der Waals surface area contributed by atoms with Gasteiger partial charge in [-0.1, -0.05) is 35.9 Å². The maximum atomic E-state index is 13.7. The first-order valence-electron chi connectivity index (χ1n) is 8.14. The highest BCUT2D eigenvalue weighted by Gasteiger charge is 2.26. The predicted octanol–water partition coefficient (Wildman–Crippen LogP) is 4.33. The van der Waals surface area contributed by atoms with Crippen LogP contribution >= 0.6 is 11.6 Å². The van der Waals surface area contributed by atoms with Crippen LogP contribution in [-0.4, -0.2) is 23.9 Å². The van der Waals surface area contributed by atoms with Crippen molar-refractivity contribution in [1.82, 2.24) is 4.90 Å². The molecule has 1 atom stereocenters. The van der Waals surface area contributed by atoms with Crippen LogP contribution in [0, 0.1) is 11.7 Å². The molecule has 1 N–H and O–H groups in total. The van der Waals surface area contributed by atoms with Crippen LogP contribution in [0.15, 0.2) is 48.5 Å². The molecule has 0 unspecified atom stereocenters. The van der Waals surface area contributed by atoms with Crippen LogP contribution in [0.1, 0.15) is 18.4 Å². The monoisotopic (exact) mass is 346 g/mol. The first-order valence-corrected chi connectivity index (χ1v) is 8.52. The predicted molar refractivity (Wildman–Crippen MR) is 94.5 cm³/mol. The molecule has 3 nitrogen and oxygen atoms in total. The molecule has 1 fully saturated rings. The van der Waals surface area contributed by atoms with Crippen molar-refractivity contribution >= 4 is 23.2 Å². The molecule has 0 spiro atoms. The number of carbonyl (C=O) groups excluding carboxylic acids is 1. The number of hydrogen-bond acceptors (Lipinski definition) is 2. The minimum atomic E-state index is -0.403. The number of carbonyl (C=O) groups is 1. The van der Waals surface area contributed by atoms with Gasteiger partial charge in [0.15, 0.2) is 0 Å². The lowest BCUT2D eigenvalue weighted by atomic mass is 9.96. The third-order valence-corrected chi connectivity index (χ3v) is 4.58. The number of anilines is 1. The Morgan fingerprint density at radius 1 is 1.21 bits per heavy atom. The van der Waals surface area contributed by atoms with E-state index in [4.69, 9.17) is 11.6 Å². The highest BCUT2D eigenvalue weighted by Crippen LogP contribution is 2.22. The molecule has 2 aromatic carbocycles. The summed E-state index contributed by atoms with van der Waals surface area (Å²) in [5.41, 5.74) is 1.42. The molecule has 3 rings (SSSR count). The summed E-state index contributed by atoms with van der Waals surface area (Å²) in [5, 5.41) is 3.44. The fraction of sp³-hybridized carbons (Fsp3) is 0.316. The van der Waals surface area contributed by atoms with Crippen molar-refractivity contribution in [3.63, 3.8) is 0 Å². The second kappa shape index (κ2) is 7.77. The van der Waals surface area contributed by atoms with Crippen molar-refractivity contribution in [2.45, 2.75) is 19.4 Å². The first kappa shape index (κ1) is 16.9. The van der Waals surface area contributed by atoms with E-state index in [-0.39, 0.29) is 17.5 Å². The average molecular weight is 347 g/mol. The summed E-state index contributed by atoms with van der Waals surface area (Å²) in [6.45, 7) is 2.44. The van der Waals surface area contributed by atoms with Gasteiger partial charge in [0.2, 0.25) is 5.91 Å². The van der Waals surface area contributed by atoms with Gasteiger partial charge in [0, 0.05) is 18.1 Å². The van der Waals surface area contributed by atoms with Crippen molar-refractivity contribution in [2.75, 3.05) is 18.4 Å². The second-order valence-electron chi connectivity index (χ2n) is 6.17. The largest absolute Gasteiger partial charge is 0.323 e. The quantitative estimate of drug-likeness (QED) is 0.893. The van der Waals surface area contributed by atoms with Crippen molar-refractivity contribution in [2.24, 2.45) is 5.92 Å². The second-order valence-corrected chi connectivity index (χ2v) is 6.61. The Labute approximate surface area is 146 Å². The maximum absolute atomic E-state index is 13.7. The molecule has 0 radical (unpaired) electrons. The molecule has 24 heavy (non-hydrogen) atoms. The van der Waals surface area contributed by atoms with Crippen LogP contribution in [-0.2, 0) is 11.3 Å². The zero-order chi connectivity index (χ0) is 16.9. The molecular weight excluding hydrogens is 327 g/mol. The summed E-state index contributed by atoms with van der Waals surface area (Å²) in [4.78, 5) is 14.7. The minimum absolute atomic E-state index is 0.110. The van der Waals surface area contributed by atoms with Gasteiger partial charge in [-0.15, -0.1) is 0 Å².